The molecule has 0 aliphatic carbocycles. The number of ether oxygens (including phenoxy) is 1. The van der Waals surface area contributed by atoms with Crippen LogP contribution in [0.5, 0.6) is 0 Å². The first-order chi connectivity index (χ1) is 11.1. The number of hydrogen-bond acceptors (Lipinski definition) is 5. The number of carbonyl (C=O) groups excluding carboxylic acids is 1. The van der Waals surface area contributed by atoms with E-state index in [0.717, 1.165) is 25.3 Å². The van der Waals surface area contributed by atoms with Crippen LogP contribution < -0.4 is 4.72 Å². The highest BCUT2D eigenvalue weighted by Gasteiger charge is 2.24. The summed E-state index contributed by atoms with van der Waals surface area (Å²) in [7, 11) is -3.09. The molecule has 0 fully saturated rings. The Kier molecular flexibility index (Phi) is 6.85. The standard InChI is InChI=1S/C15H20FNO6S/c1-9(2)4-11(14(18)19)8-17-24(21,22)13-6-10(15(20)23-3)5-12(16)7-13/h5-7,9,11,17H,4,8H2,1-3H3,(H,18,19). The summed E-state index contributed by atoms with van der Waals surface area (Å²) in [6.07, 6.45) is 0.286. The van der Waals surface area contributed by atoms with Crippen LogP contribution in [0.2, 0.25) is 0 Å². The van der Waals surface area contributed by atoms with Crippen molar-refractivity contribution in [3.05, 3.63) is 29.6 Å². The number of aliphatic carboxylic acids is 1. The van der Waals surface area contributed by atoms with Gasteiger partial charge in [0.1, 0.15) is 5.82 Å². The monoisotopic (exact) mass is 361 g/mol. The normalized spacial score (nSPS) is 12.9. The number of halogens is 1. The van der Waals surface area contributed by atoms with E-state index in [9.17, 15) is 22.4 Å². The minimum atomic E-state index is -4.17. The van der Waals surface area contributed by atoms with Gasteiger partial charge in [-0.25, -0.2) is 22.3 Å². The molecule has 0 bridgehead atoms. The number of carboxylic acid groups (broad SMARTS) is 1. The Labute approximate surface area is 139 Å². The van der Waals surface area contributed by atoms with Gasteiger partial charge in [0.15, 0.2) is 0 Å². The van der Waals surface area contributed by atoms with Gasteiger partial charge < -0.3 is 9.84 Å². The van der Waals surface area contributed by atoms with E-state index in [-0.39, 0.29) is 24.4 Å². The highest BCUT2D eigenvalue weighted by atomic mass is 32.2. The van der Waals surface area contributed by atoms with Crippen molar-refractivity contribution in [2.24, 2.45) is 11.8 Å². The van der Waals surface area contributed by atoms with Crippen LogP contribution in [0.3, 0.4) is 0 Å². The number of nitrogens with one attached hydrogen (secondary N) is 1. The molecule has 24 heavy (non-hydrogen) atoms. The third kappa shape index (κ3) is 5.57. The van der Waals surface area contributed by atoms with Gasteiger partial charge >= 0.3 is 11.9 Å². The molecule has 1 unspecified atom stereocenters. The maximum absolute atomic E-state index is 13.6. The molecule has 0 amide bonds. The summed E-state index contributed by atoms with van der Waals surface area (Å²) in [6, 6.07) is 2.56. The van der Waals surface area contributed by atoms with E-state index in [1.165, 1.54) is 0 Å². The summed E-state index contributed by atoms with van der Waals surface area (Å²) in [5.74, 6) is -3.77. The molecule has 0 aliphatic heterocycles. The van der Waals surface area contributed by atoms with Crippen molar-refractivity contribution in [1.82, 2.24) is 4.72 Å². The zero-order chi connectivity index (χ0) is 18.5. The molecule has 0 radical (unpaired) electrons. The molecule has 0 heterocycles. The molecule has 9 heteroatoms. The molecule has 7 nitrogen and oxygen atoms in total. The molecule has 1 aromatic carbocycles. The Hall–Kier alpha value is -2.00. The van der Waals surface area contributed by atoms with Gasteiger partial charge in [0.25, 0.3) is 0 Å². The van der Waals surface area contributed by atoms with Gasteiger partial charge in [-0.2, -0.15) is 0 Å². The molecular formula is C15H20FNO6S. The maximum Gasteiger partial charge on any atom is 0.337 e. The van der Waals surface area contributed by atoms with E-state index in [0.29, 0.717) is 0 Å². The molecule has 134 valence electrons. The number of rotatable bonds is 8. The van der Waals surface area contributed by atoms with Gasteiger partial charge in [-0.15, -0.1) is 0 Å². The van der Waals surface area contributed by atoms with Gasteiger partial charge in [0, 0.05) is 6.54 Å². The fourth-order valence-corrected chi connectivity index (χ4v) is 3.22. The number of carbonyl (C=O) groups is 2. The van der Waals surface area contributed by atoms with Crippen molar-refractivity contribution >= 4 is 22.0 Å². The minimum absolute atomic E-state index is 0.0655. The van der Waals surface area contributed by atoms with Crippen LogP contribution in [-0.4, -0.2) is 39.1 Å². The first-order valence-electron chi connectivity index (χ1n) is 7.18. The van der Waals surface area contributed by atoms with E-state index in [2.05, 4.69) is 9.46 Å². The quantitative estimate of drug-likeness (QED) is 0.681. The smallest absolute Gasteiger partial charge is 0.337 e. The summed E-state index contributed by atoms with van der Waals surface area (Å²) in [5, 5.41) is 9.13. The van der Waals surface area contributed by atoms with Crippen molar-refractivity contribution in [2.75, 3.05) is 13.7 Å². The van der Waals surface area contributed by atoms with Crippen LogP contribution >= 0.6 is 0 Å². The number of benzene rings is 1. The zero-order valence-electron chi connectivity index (χ0n) is 13.6. The predicted molar refractivity (Wildman–Crippen MR) is 83.5 cm³/mol. The van der Waals surface area contributed by atoms with Crippen LogP contribution in [0.25, 0.3) is 0 Å². The number of hydrogen-bond donors (Lipinski definition) is 2. The SMILES string of the molecule is COC(=O)c1cc(F)cc(S(=O)(=O)NCC(CC(C)C)C(=O)O)c1. The number of carboxylic acids is 1. The Balaban J connectivity index is 3.01. The largest absolute Gasteiger partial charge is 0.481 e. The molecule has 1 aromatic rings. The Morgan fingerprint density at radius 2 is 1.92 bits per heavy atom. The van der Waals surface area contributed by atoms with E-state index in [1.807, 2.05) is 13.8 Å². The lowest BCUT2D eigenvalue weighted by Gasteiger charge is -2.15. The maximum atomic E-state index is 13.6. The van der Waals surface area contributed by atoms with Crippen LogP contribution in [0.4, 0.5) is 4.39 Å². The molecule has 0 saturated carbocycles. The average molecular weight is 361 g/mol. The molecular weight excluding hydrogens is 341 g/mol. The lowest BCUT2D eigenvalue weighted by atomic mass is 9.98. The van der Waals surface area contributed by atoms with Gasteiger partial charge in [0.05, 0.1) is 23.5 Å². The first kappa shape index (κ1) is 20.0. The highest BCUT2D eigenvalue weighted by molar-refractivity contribution is 7.89. The predicted octanol–water partition coefficient (Wildman–Crippen LogP) is 1.64. The highest BCUT2D eigenvalue weighted by Crippen LogP contribution is 2.17. The third-order valence-corrected chi connectivity index (χ3v) is 4.63. The Morgan fingerprint density at radius 3 is 2.42 bits per heavy atom. The Morgan fingerprint density at radius 1 is 1.29 bits per heavy atom. The molecule has 0 spiro atoms. The molecule has 1 atom stereocenters. The van der Waals surface area contributed by atoms with Gasteiger partial charge in [-0.1, -0.05) is 13.8 Å². The van der Waals surface area contributed by atoms with Crippen molar-refractivity contribution in [1.29, 1.82) is 0 Å². The average Bonchev–Trinajstić information content (AvgIpc) is 2.49. The number of esters is 1. The lowest BCUT2D eigenvalue weighted by molar-refractivity contribution is -0.142. The second-order valence-corrected chi connectivity index (χ2v) is 7.45. The van der Waals surface area contributed by atoms with Gasteiger partial charge in [0.2, 0.25) is 10.0 Å². The van der Waals surface area contributed by atoms with Crippen molar-refractivity contribution in [2.45, 2.75) is 25.2 Å². The van der Waals surface area contributed by atoms with E-state index in [1.54, 1.807) is 0 Å². The second-order valence-electron chi connectivity index (χ2n) is 5.68. The van der Waals surface area contributed by atoms with Gasteiger partial charge in [-0.3, -0.25) is 4.79 Å². The second kappa shape index (κ2) is 8.20. The molecule has 0 aliphatic rings. The fraction of sp³-hybridized carbons (Fsp3) is 0.467. The van der Waals surface area contributed by atoms with E-state index < -0.39 is 38.6 Å². The lowest BCUT2D eigenvalue weighted by Crippen LogP contribution is -2.33. The zero-order valence-corrected chi connectivity index (χ0v) is 14.4. The summed E-state index contributed by atoms with van der Waals surface area (Å²) < 4.78 is 44.6. The van der Waals surface area contributed by atoms with E-state index in [4.69, 9.17) is 5.11 Å². The van der Waals surface area contributed by atoms with Crippen molar-refractivity contribution in [3.63, 3.8) is 0 Å². The minimum Gasteiger partial charge on any atom is -0.481 e. The molecule has 2 N–H and O–H groups in total. The Bertz CT molecular complexity index is 717. The molecule has 0 aromatic heterocycles. The summed E-state index contributed by atoms with van der Waals surface area (Å²) in [4.78, 5) is 22.1. The summed E-state index contributed by atoms with van der Waals surface area (Å²) in [5.41, 5.74) is -0.255. The van der Waals surface area contributed by atoms with Crippen LogP contribution in [-0.2, 0) is 19.6 Å². The van der Waals surface area contributed by atoms with Crippen molar-refractivity contribution < 1.29 is 32.2 Å². The van der Waals surface area contributed by atoms with Crippen molar-refractivity contribution in [3.8, 4) is 0 Å². The number of sulfonamides is 1. The topological polar surface area (TPSA) is 110 Å². The van der Waals surface area contributed by atoms with Crippen LogP contribution in [0, 0.1) is 17.7 Å². The molecule has 0 saturated heterocycles. The van der Waals surface area contributed by atoms with Crippen LogP contribution in [0.15, 0.2) is 23.1 Å². The van der Waals surface area contributed by atoms with Crippen LogP contribution in [0.1, 0.15) is 30.6 Å². The third-order valence-electron chi connectivity index (χ3n) is 3.23. The van der Waals surface area contributed by atoms with E-state index >= 15 is 0 Å². The summed E-state index contributed by atoms with van der Waals surface area (Å²) >= 11 is 0. The molecule has 1 rings (SSSR count). The van der Waals surface area contributed by atoms with Gasteiger partial charge in [-0.05, 0) is 30.5 Å². The fourth-order valence-electron chi connectivity index (χ4n) is 2.09. The number of methoxy groups -OCH3 is 1. The summed E-state index contributed by atoms with van der Waals surface area (Å²) in [6.45, 7) is 3.30. The first-order valence-corrected chi connectivity index (χ1v) is 8.66.